The summed E-state index contributed by atoms with van der Waals surface area (Å²) in [6.07, 6.45) is 4.04. The zero-order valence-electron chi connectivity index (χ0n) is 8.80. The molecule has 0 amide bonds. The van der Waals surface area contributed by atoms with Crippen molar-refractivity contribution in [1.29, 1.82) is 0 Å². The highest BCUT2D eigenvalue weighted by Crippen LogP contribution is 2.37. The number of hydrogen-bond donors (Lipinski definition) is 0. The van der Waals surface area contributed by atoms with E-state index in [-0.39, 0.29) is 23.5 Å². The maximum absolute atomic E-state index is 11.8. The molecule has 0 fully saturated rings. The Hall–Kier alpha value is -1.52. The molecule has 1 aliphatic carbocycles. The lowest BCUT2D eigenvalue weighted by Gasteiger charge is -2.36. The quantitative estimate of drug-likeness (QED) is 0.570. The molecule has 1 aromatic heterocycles. The fourth-order valence-electron chi connectivity index (χ4n) is 2.72. The van der Waals surface area contributed by atoms with Gasteiger partial charge >= 0.3 is 11.4 Å². The maximum Gasteiger partial charge on any atom is 0.347 e. The first kappa shape index (κ1) is 8.76. The second kappa shape index (κ2) is 2.53. The van der Waals surface area contributed by atoms with Gasteiger partial charge in [-0.3, -0.25) is 0 Å². The van der Waals surface area contributed by atoms with E-state index in [1.54, 1.807) is 9.36 Å². The summed E-state index contributed by atoms with van der Waals surface area (Å²) in [5.41, 5.74) is 0.819. The Morgan fingerprint density at radius 1 is 1.20 bits per heavy atom. The number of rotatable bonds is 0. The Kier molecular flexibility index (Phi) is 1.48. The van der Waals surface area contributed by atoms with E-state index in [2.05, 4.69) is 6.08 Å². The van der Waals surface area contributed by atoms with Gasteiger partial charge in [0.05, 0.1) is 12.1 Å². The van der Waals surface area contributed by atoms with Gasteiger partial charge < -0.3 is 0 Å². The van der Waals surface area contributed by atoms with Crippen LogP contribution in [-0.2, 0) is 7.05 Å². The van der Waals surface area contributed by atoms with E-state index in [0.29, 0.717) is 0 Å². The number of nitrogens with zero attached hydrogens (tertiary/aromatic N) is 3. The van der Waals surface area contributed by atoms with Crippen LogP contribution < -0.4 is 11.4 Å². The summed E-state index contributed by atoms with van der Waals surface area (Å²) < 4.78 is 4.41. The van der Waals surface area contributed by atoms with Gasteiger partial charge in [-0.05, 0) is 19.8 Å². The fourth-order valence-corrected chi connectivity index (χ4v) is 2.72. The van der Waals surface area contributed by atoms with E-state index in [0.717, 1.165) is 12.8 Å². The molecule has 0 aromatic carbocycles. The Labute approximate surface area is 86.2 Å². The molecule has 0 saturated carbocycles. The van der Waals surface area contributed by atoms with Gasteiger partial charge in [0, 0.05) is 7.05 Å². The molecular weight excluding hydrogens is 194 g/mol. The summed E-state index contributed by atoms with van der Waals surface area (Å²) in [6.45, 7) is 2.03. The summed E-state index contributed by atoms with van der Waals surface area (Å²) in [7, 11) is 1.54. The van der Waals surface area contributed by atoms with Gasteiger partial charge in [0.2, 0.25) is 0 Å². The third kappa shape index (κ3) is 0.879. The van der Waals surface area contributed by atoms with Gasteiger partial charge in [0.25, 0.3) is 0 Å². The van der Waals surface area contributed by atoms with Crippen LogP contribution >= 0.6 is 0 Å². The van der Waals surface area contributed by atoms with Crippen molar-refractivity contribution >= 4 is 0 Å². The largest absolute Gasteiger partial charge is 0.347 e. The van der Waals surface area contributed by atoms with Crippen molar-refractivity contribution in [2.75, 3.05) is 0 Å². The topological polar surface area (TPSA) is 48.9 Å². The monoisotopic (exact) mass is 207 g/mol. The molecule has 2 atom stereocenters. The van der Waals surface area contributed by atoms with Crippen LogP contribution in [0.3, 0.4) is 0 Å². The molecular formula is C10H13N3O2. The van der Waals surface area contributed by atoms with Crippen LogP contribution in [-0.4, -0.2) is 13.9 Å². The first-order valence-corrected chi connectivity index (χ1v) is 5.19. The number of hydrogen-bond acceptors (Lipinski definition) is 2. The van der Waals surface area contributed by atoms with Crippen LogP contribution in [0.4, 0.5) is 0 Å². The lowest BCUT2D eigenvalue weighted by Crippen LogP contribution is -2.40. The lowest BCUT2D eigenvalue weighted by atomic mass is 9.90. The highest BCUT2D eigenvalue weighted by Gasteiger charge is 2.35. The van der Waals surface area contributed by atoms with Gasteiger partial charge in [-0.1, -0.05) is 11.6 Å². The predicted octanol–water partition coefficient (Wildman–Crippen LogP) is 0.184. The summed E-state index contributed by atoms with van der Waals surface area (Å²) in [5.74, 6) is 0. The second-order valence-electron chi connectivity index (χ2n) is 4.38. The number of aromatic nitrogens is 3. The second-order valence-corrected chi connectivity index (χ2v) is 4.38. The Balaban J connectivity index is 2.41. The van der Waals surface area contributed by atoms with Crippen LogP contribution in [0.15, 0.2) is 21.2 Å². The van der Waals surface area contributed by atoms with E-state index in [1.807, 2.05) is 6.92 Å². The SMILES string of the molecule is CC1=C[C@@H]2CC[C@H]1n1c(=O)n(C)c(=O)n12. The van der Waals surface area contributed by atoms with Gasteiger partial charge in [0.1, 0.15) is 0 Å². The molecule has 0 saturated heterocycles. The standard InChI is InChI=1S/C10H13N3O2/c1-6-5-7-3-4-8(6)13-10(15)11(2)9(14)12(7)13/h5,7-8H,3-4H2,1-2H3/t7-,8+/m0/s1. The molecule has 0 N–H and O–H groups in total. The maximum atomic E-state index is 11.8. The smallest absolute Gasteiger partial charge is 0.246 e. The van der Waals surface area contributed by atoms with Crippen LogP contribution in [0.2, 0.25) is 0 Å². The van der Waals surface area contributed by atoms with Crippen LogP contribution in [0.1, 0.15) is 31.8 Å². The Morgan fingerprint density at radius 2 is 1.87 bits per heavy atom. The van der Waals surface area contributed by atoms with Gasteiger partial charge in [-0.25, -0.2) is 23.5 Å². The Bertz CT molecular complexity index is 572. The molecule has 5 nitrogen and oxygen atoms in total. The van der Waals surface area contributed by atoms with E-state index >= 15 is 0 Å². The molecule has 0 spiro atoms. The summed E-state index contributed by atoms with van der Waals surface area (Å²) in [4.78, 5) is 23.7. The molecule has 80 valence electrons. The molecule has 1 aromatic rings. The van der Waals surface area contributed by atoms with Crippen LogP contribution in [0.25, 0.3) is 0 Å². The summed E-state index contributed by atoms with van der Waals surface area (Å²) >= 11 is 0. The molecule has 3 aliphatic rings. The van der Waals surface area contributed by atoms with E-state index in [1.165, 1.54) is 17.2 Å². The first-order chi connectivity index (χ1) is 7.11. The van der Waals surface area contributed by atoms with Crippen molar-refractivity contribution < 1.29 is 0 Å². The number of allylic oxidation sites excluding steroid dienone is 2. The van der Waals surface area contributed by atoms with E-state index < -0.39 is 0 Å². The predicted molar refractivity (Wildman–Crippen MR) is 55.0 cm³/mol. The zero-order valence-corrected chi connectivity index (χ0v) is 8.80. The zero-order chi connectivity index (χ0) is 10.7. The third-order valence-corrected chi connectivity index (χ3v) is 3.52. The molecule has 4 rings (SSSR count). The Morgan fingerprint density at radius 3 is 2.53 bits per heavy atom. The van der Waals surface area contributed by atoms with E-state index in [4.69, 9.17) is 0 Å². The van der Waals surface area contributed by atoms with Gasteiger partial charge in [-0.2, -0.15) is 0 Å². The number of fused-ring (bicyclic) bond motifs is 1. The van der Waals surface area contributed by atoms with Crippen molar-refractivity contribution in [3.8, 4) is 0 Å². The molecule has 5 heteroatoms. The van der Waals surface area contributed by atoms with Crippen molar-refractivity contribution in [3.05, 3.63) is 32.6 Å². The first-order valence-electron chi connectivity index (χ1n) is 5.19. The summed E-state index contributed by atoms with van der Waals surface area (Å²) in [5, 5.41) is 0. The summed E-state index contributed by atoms with van der Waals surface area (Å²) in [6, 6.07) is 0.174. The minimum absolute atomic E-state index is 0.0800. The van der Waals surface area contributed by atoms with Crippen molar-refractivity contribution in [2.45, 2.75) is 31.8 Å². The molecule has 2 bridgehead atoms. The molecule has 0 radical (unpaired) electrons. The van der Waals surface area contributed by atoms with Crippen LogP contribution in [0.5, 0.6) is 0 Å². The van der Waals surface area contributed by atoms with E-state index in [9.17, 15) is 9.59 Å². The normalized spacial score (nSPS) is 27.7. The van der Waals surface area contributed by atoms with Crippen molar-refractivity contribution in [1.82, 2.24) is 13.9 Å². The lowest BCUT2D eigenvalue weighted by molar-refractivity contribution is 0.245. The van der Waals surface area contributed by atoms with Crippen molar-refractivity contribution in [2.24, 2.45) is 7.05 Å². The highest BCUT2D eigenvalue weighted by molar-refractivity contribution is 5.17. The minimum Gasteiger partial charge on any atom is -0.246 e. The van der Waals surface area contributed by atoms with Crippen molar-refractivity contribution in [3.63, 3.8) is 0 Å². The van der Waals surface area contributed by atoms with Gasteiger partial charge in [-0.15, -0.1) is 0 Å². The minimum atomic E-state index is -0.196. The molecule has 3 heterocycles. The highest BCUT2D eigenvalue weighted by atomic mass is 16.2. The average molecular weight is 207 g/mol. The molecule has 15 heavy (non-hydrogen) atoms. The van der Waals surface area contributed by atoms with Crippen LogP contribution in [0, 0.1) is 0 Å². The third-order valence-electron chi connectivity index (χ3n) is 3.52. The molecule has 0 unspecified atom stereocenters. The molecule has 2 aliphatic heterocycles. The fraction of sp³-hybridized carbons (Fsp3) is 0.600. The van der Waals surface area contributed by atoms with Gasteiger partial charge in [0.15, 0.2) is 0 Å². The average Bonchev–Trinajstić information content (AvgIpc) is 2.46.